The van der Waals surface area contributed by atoms with Crippen molar-refractivity contribution in [3.8, 4) is 5.75 Å². The Hall–Kier alpha value is -1.93. The first kappa shape index (κ1) is 17.4. The minimum absolute atomic E-state index is 0.0411. The molecule has 0 aliphatic carbocycles. The number of nitrogens with zero attached hydrogens (tertiary/aromatic N) is 1. The van der Waals surface area contributed by atoms with Crippen LogP contribution in [0.15, 0.2) is 23.1 Å². The molecule has 1 aliphatic heterocycles. The Balaban J connectivity index is 2.16. The van der Waals surface area contributed by atoms with E-state index in [1.807, 2.05) is 0 Å². The van der Waals surface area contributed by atoms with Crippen molar-refractivity contribution in [1.82, 2.24) is 4.90 Å². The van der Waals surface area contributed by atoms with Gasteiger partial charge in [0.1, 0.15) is 15.9 Å². The number of halogens is 1. The van der Waals surface area contributed by atoms with Crippen LogP contribution >= 0.6 is 24.0 Å². The maximum absolute atomic E-state index is 13.8. The van der Waals surface area contributed by atoms with Crippen LogP contribution in [0, 0.1) is 5.82 Å². The Bertz CT molecular complexity index is 690. The van der Waals surface area contributed by atoms with Crippen LogP contribution in [0.3, 0.4) is 0 Å². The van der Waals surface area contributed by atoms with Crippen LogP contribution in [-0.2, 0) is 9.59 Å². The van der Waals surface area contributed by atoms with E-state index in [0.717, 1.165) is 11.8 Å². The SMILES string of the molecule is COc1ccc(F)c(/C=C2\SC(=S)N(CCCC(=O)O)C2=O)c1. The lowest BCUT2D eigenvalue weighted by molar-refractivity contribution is -0.137. The van der Waals surface area contributed by atoms with Crippen molar-refractivity contribution >= 4 is 46.3 Å². The van der Waals surface area contributed by atoms with Gasteiger partial charge >= 0.3 is 5.97 Å². The van der Waals surface area contributed by atoms with Gasteiger partial charge in [-0.05, 0) is 30.7 Å². The highest BCUT2D eigenvalue weighted by molar-refractivity contribution is 8.26. The van der Waals surface area contributed by atoms with E-state index in [2.05, 4.69) is 0 Å². The maximum Gasteiger partial charge on any atom is 0.303 e. The average Bonchev–Trinajstić information content (AvgIpc) is 2.76. The van der Waals surface area contributed by atoms with E-state index in [-0.39, 0.29) is 24.4 Å². The molecule has 1 aliphatic rings. The Labute approximate surface area is 142 Å². The topological polar surface area (TPSA) is 66.8 Å². The van der Waals surface area contributed by atoms with Crippen LogP contribution in [0.2, 0.25) is 0 Å². The van der Waals surface area contributed by atoms with E-state index in [1.165, 1.54) is 36.3 Å². The highest BCUT2D eigenvalue weighted by atomic mass is 32.2. The van der Waals surface area contributed by atoms with Gasteiger partial charge in [-0.1, -0.05) is 24.0 Å². The van der Waals surface area contributed by atoms with Crippen LogP contribution in [0.5, 0.6) is 5.75 Å². The molecule has 122 valence electrons. The van der Waals surface area contributed by atoms with Crippen LogP contribution < -0.4 is 4.74 Å². The molecule has 23 heavy (non-hydrogen) atoms. The summed E-state index contributed by atoms with van der Waals surface area (Å²) in [5, 5.41) is 8.64. The number of amides is 1. The van der Waals surface area contributed by atoms with Gasteiger partial charge < -0.3 is 9.84 Å². The van der Waals surface area contributed by atoms with Gasteiger partial charge in [-0.15, -0.1) is 0 Å². The second-order valence-electron chi connectivity index (χ2n) is 4.72. The third kappa shape index (κ3) is 4.29. The van der Waals surface area contributed by atoms with Crippen LogP contribution in [0.1, 0.15) is 18.4 Å². The van der Waals surface area contributed by atoms with E-state index < -0.39 is 11.8 Å². The zero-order valence-electron chi connectivity index (χ0n) is 12.2. The first-order valence-electron chi connectivity index (χ1n) is 6.73. The maximum atomic E-state index is 13.8. The molecule has 1 aromatic rings. The van der Waals surface area contributed by atoms with Crippen molar-refractivity contribution in [2.45, 2.75) is 12.8 Å². The quantitative estimate of drug-likeness (QED) is 0.625. The summed E-state index contributed by atoms with van der Waals surface area (Å²) in [4.78, 5) is 24.5. The standard InChI is InChI=1S/C15H14FNO4S2/c1-21-10-4-5-11(16)9(7-10)8-12-14(20)17(15(22)23-12)6-2-3-13(18)19/h4-5,7-8H,2-3,6H2,1H3,(H,18,19)/b12-8-. The van der Waals surface area contributed by atoms with Crippen molar-refractivity contribution in [3.05, 3.63) is 34.5 Å². The largest absolute Gasteiger partial charge is 0.497 e. The Kier molecular flexibility index (Phi) is 5.73. The smallest absolute Gasteiger partial charge is 0.303 e. The fourth-order valence-electron chi connectivity index (χ4n) is 1.98. The molecule has 5 nitrogen and oxygen atoms in total. The predicted molar refractivity (Wildman–Crippen MR) is 89.7 cm³/mol. The number of rotatable bonds is 6. The van der Waals surface area contributed by atoms with Crippen molar-refractivity contribution in [3.63, 3.8) is 0 Å². The number of benzene rings is 1. The lowest BCUT2D eigenvalue weighted by Gasteiger charge is -2.13. The zero-order valence-corrected chi connectivity index (χ0v) is 13.9. The fraction of sp³-hybridized carbons (Fsp3) is 0.267. The van der Waals surface area contributed by atoms with Gasteiger partial charge in [0.2, 0.25) is 0 Å². The van der Waals surface area contributed by atoms with E-state index in [9.17, 15) is 14.0 Å². The number of thioether (sulfide) groups is 1. The van der Waals surface area contributed by atoms with Gasteiger partial charge in [-0.2, -0.15) is 0 Å². The lowest BCUT2D eigenvalue weighted by atomic mass is 10.2. The molecule has 1 heterocycles. The molecule has 1 amide bonds. The molecule has 0 saturated carbocycles. The van der Waals surface area contributed by atoms with Crippen molar-refractivity contribution in [2.75, 3.05) is 13.7 Å². The molecular weight excluding hydrogens is 341 g/mol. The first-order chi connectivity index (χ1) is 10.9. The minimum Gasteiger partial charge on any atom is -0.497 e. The predicted octanol–water partition coefficient (Wildman–Crippen LogP) is 2.90. The average molecular weight is 355 g/mol. The third-order valence-corrected chi connectivity index (χ3v) is 4.51. The molecule has 0 bridgehead atoms. The molecule has 0 unspecified atom stereocenters. The van der Waals surface area contributed by atoms with E-state index >= 15 is 0 Å². The number of carboxylic acid groups (broad SMARTS) is 1. The van der Waals surface area contributed by atoms with Gasteiger partial charge in [0.05, 0.1) is 12.0 Å². The van der Waals surface area contributed by atoms with Crippen LogP contribution in [0.25, 0.3) is 6.08 Å². The highest BCUT2D eigenvalue weighted by Gasteiger charge is 2.31. The van der Waals surface area contributed by atoms with Crippen LogP contribution in [0.4, 0.5) is 4.39 Å². The number of carbonyl (C=O) groups is 2. The van der Waals surface area contributed by atoms with Crippen molar-refractivity contribution < 1.29 is 23.8 Å². The number of aliphatic carboxylic acids is 1. The lowest BCUT2D eigenvalue weighted by Crippen LogP contribution is -2.29. The zero-order chi connectivity index (χ0) is 17.0. The molecular formula is C15H14FNO4S2. The Morgan fingerprint density at radius 2 is 2.26 bits per heavy atom. The molecule has 1 N–H and O–H groups in total. The summed E-state index contributed by atoms with van der Waals surface area (Å²) >= 11 is 6.20. The monoisotopic (exact) mass is 355 g/mol. The number of ether oxygens (including phenoxy) is 1. The number of hydrogen-bond donors (Lipinski definition) is 1. The number of hydrogen-bond acceptors (Lipinski definition) is 5. The minimum atomic E-state index is -0.926. The van der Waals surface area contributed by atoms with E-state index in [0.29, 0.717) is 21.4 Å². The van der Waals surface area contributed by atoms with Gasteiger partial charge in [-0.3, -0.25) is 14.5 Å². The Morgan fingerprint density at radius 3 is 2.91 bits per heavy atom. The summed E-state index contributed by atoms with van der Waals surface area (Å²) in [6.07, 6.45) is 1.69. The van der Waals surface area contributed by atoms with Gasteiger partial charge in [-0.25, -0.2) is 4.39 Å². The Morgan fingerprint density at radius 1 is 1.52 bits per heavy atom. The van der Waals surface area contributed by atoms with E-state index in [4.69, 9.17) is 22.1 Å². The fourth-order valence-corrected chi connectivity index (χ4v) is 3.28. The molecule has 2 rings (SSSR count). The molecule has 1 saturated heterocycles. The molecule has 0 aromatic heterocycles. The first-order valence-corrected chi connectivity index (χ1v) is 7.95. The number of carboxylic acids is 1. The molecule has 8 heteroatoms. The summed E-state index contributed by atoms with van der Waals surface area (Å²) in [6, 6.07) is 4.24. The number of carbonyl (C=O) groups excluding carboxylic acids is 1. The third-order valence-electron chi connectivity index (χ3n) is 3.14. The normalized spacial score (nSPS) is 16.3. The highest BCUT2D eigenvalue weighted by Crippen LogP contribution is 2.33. The van der Waals surface area contributed by atoms with Crippen LogP contribution in [-0.4, -0.2) is 39.9 Å². The summed E-state index contributed by atoms with van der Waals surface area (Å²) in [5.41, 5.74) is 0.232. The van der Waals surface area contributed by atoms with Gasteiger partial charge in [0, 0.05) is 18.5 Å². The summed E-state index contributed by atoms with van der Waals surface area (Å²) in [6.45, 7) is 0.231. The molecule has 0 spiro atoms. The number of thiocarbonyl (C=S) groups is 1. The number of methoxy groups -OCH3 is 1. The summed E-state index contributed by atoms with van der Waals surface area (Å²) in [5.74, 6) is -1.26. The summed E-state index contributed by atoms with van der Waals surface area (Å²) < 4.78 is 19.2. The molecule has 0 atom stereocenters. The molecule has 1 aromatic carbocycles. The molecule has 1 fully saturated rings. The second-order valence-corrected chi connectivity index (χ2v) is 6.39. The van der Waals surface area contributed by atoms with Gasteiger partial charge in [0.25, 0.3) is 5.91 Å². The van der Waals surface area contributed by atoms with E-state index in [1.54, 1.807) is 0 Å². The molecule has 0 radical (unpaired) electrons. The van der Waals surface area contributed by atoms with Crippen molar-refractivity contribution in [1.29, 1.82) is 0 Å². The second kappa shape index (κ2) is 7.56. The van der Waals surface area contributed by atoms with Gasteiger partial charge in [0.15, 0.2) is 0 Å². The van der Waals surface area contributed by atoms with Crippen molar-refractivity contribution in [2.24, 2.45) is 0 Å². The summed E-state index contributed by atoms with van der Waals surface area (Å²) in [7, 11) is 1.47.